The van der Waals surface area contributed by atoms with Crippen molar-refractivity contribution in [1.29, 1.82) is 0 Å². The minimum absolute atomic E-state index is 0.0126. The highest BCUT2D eigenvalue weighted by molar-refractivity contribution is 7.10. The van der Waals surface area contributed by atoms with Crippen molar-refractivity contribution in [2.75, 3.05) is 25.5 Å². The van der Waals surface area contributed by atoms with Crippen molar-refractivity contribution in [2.24, 2.45) is 4.99 Å². The van der Waals surface area contributed by atoms with Crippen LogP contribution in [0.3, 0.4) is 0 Å². The van der Waals surface area contributed by atoms with E-state index in [0.29, 0.717) is 6.54 Å². The zero-order chi connectivity index (χ0) is 19.1. The minimum atomic E-state index is -0.0126. The van der Waals surface area contributed by atoms with E-state index in [1.165, 1.54) is 10.4 Å². The number of aliphatic imine (C=N–C) groups is 1. The first-order chi connectivity index (χ1) is 13.2. The Kier molecular flexibility index (Phi) is 6.70. The molecule has 0 spiro atoms. The molecule has 3 N–H and O–H groups in total. The van der Waals surface area contributed by atoms with E-state index >= 15 is 0 Å². The molecule has 0 radical (unpaired) electrons. The third-order valence-corrected chi connectivity index (χ3v) is 5.66. The summed E-state index contributed by atoms with van der Waals surface area (Å²) in [6, 6.07) is 10.0. The number of hydrogen-bond donors (Lipinski definition) is 3. The molecule has 1 fully saturated rings. The number of likely N-dealkylation sites (tertiary alicyclic amines) is 1. The van der Waals surface area contributed by atoms with Crippen molar-refractivity contribution in [3.05, 3.63) is 51.7 Å². The molecular weight excluding hydrogens is 358 g/mol. The Bertz CT molecular complexity index is 795. The van der Waals surface area contributed by atoms with E-state index in [4.69, 9.17) is 0 Å². The zero-order valence-electron chi connectivity index (χ0n) is 15.9. The van der Waals surface area contributed by atoms with Crippen LogP contribution in [0.4, 0.5) is 10.5 Å². The quantitative estimate of drug-likeness (QED) is 0.545. The van der Waals surface area contributed by atoms with Crippen LogP contribution in [0.1, 0.15) is 28.8 Å². The van der Waals surface area contributed by atoms with Crippen LogP contribution in [0.15, 0.2) is 40.7 Å². The van der Waals surface area contributed by atoms with E-state index in [0.717, 1.165) is 49.7 Å². The lowest BCUT2D eigenvalue weighted by Gasteiger charge is -2.17. The summed E-state index contributed by atoms with van der Waals surface area (Å²) < 4.78 is 0. The van der Waals surface area contributed by atoms with Crippen molar-refractivity contribution in [2.45, 2.75) is 32.9 Å². The molecule has 7 heteroatoms. The number of anilines is 1. The first-order valence-electron chi connectivity index (χ1n) is 9.28. The molecule has 1 saturated heterocycles. The van der Waals surface area contributed by atoms with Crippen molar-refractivity contribution in [3.8, 4) is 0 Å². The van der Waals surface area contributed by atoms with Crippen molar-refractivity contribution in [1.82, 2.24) is 15.5 Å². The van der Waals surface area contributed by atoms with Gasteiger partial charge in [-0.15, -0.1) is 11.3 Å². The summed E-state index contributed by atoms with van der Waals surface area (Å²) in [4.78, 5) is 19.7. The van der Waals surface area contributed by atoms with Gasteiger partial charge in [0, 0.05) is 37.2 Å². The molecule has 0 atom stereocenters. The largest absolute Gasteiger partial charge is 0.352 e. The fourth-order valence-electron chi connectivity index (χ4n) is 3.04. The predicted molar refractivity (Wildman–Crippen MR) is 112 cm³/mol. The van der Waals surface area contributed by atoms with E-state index in [1.54, 1.807) is 18.4 Å². The van der Waals surface area contributed by atoms with Crippen LogP contribution in [-0.2, 0) is 13.1 Å². The standard InChI is InChI=1S/C20H27N5OS/c1-15-8-11-27-18(15)14-23-19(21-2)22-13-16-6-5-7-17(12-16)24-20(26)25-9-3-4-10-25/h5-8,11-12H,3-4,9-10,13-14H2,1-2H3,(H,24,26)(H2,21,22,23). The number of urea groups is 1. The highest BCUT2D eigenvalue weighted by Gasteiger charge is 2.17. The molecule has 144 valence electrons. The Morgan fingerprint density at radius 2 is 1.96 bits per heavy atom. The van der Waals surface area contributed by atoms with Gasteiger partial charge in [0.25, 0.3) is 0 Å². The summed E-state index contributed by atoms with van der Waals surface area (Å²) >= 11 is 1.74. The molecule has 1 aromatic heterocycles. The van der Waals surface area contributed by atoms with Crippen LogP contribution >= 0.6 is 11.3 Å². The second-order valence-electron chi connectivity index (χ2n) is 6.63. The van der Waals surface area contributed by atoms with Gasteiger partial charge in [0.2, 0.25) is 0 Å². The first-order valence-corrected chi connectivity index (χ1v) is 10.2. The molecule has 0 unspecified atom stereocenters. The number of hydrogen-bond acceptors (Lipinski definition) is 3. The van der Waals surface area contributed by atoms with E-state index in [9.17, 15) is 4.79 Å². The summed E-state index contributed by atoms with van der Waals surface area (Å²) in [6.07, 6.45) is 2.18. The number of amides is 2. The summed E-state index contributed by atoms with van der Waals surface area (Å²) in [6.45, 7) is 5.20. The number of rotatable bonds is 5. The van der Waals surface area contributed by atoms with Gasteiger partial charge in [-0.1, -0.05) is 12.1 Å². The molecule has 1 aliphatic rings. The number of guanidine groups is 1. The fraction of sp³-hybridized carbons (Fsp3) is 0.400. The Morgan fingerprint density at radius 1 is 1.19 bits per heavy atom. The van der Waals surface area contributed by atoms with Gasteiger partial charge in [-0.3, -0.25) is 4.99 Å². The number of thiophene rings is 1. The normalized spacial score (nSPS) is 14.3. The highest BCUT2D eigenvalue weighted by atomic mass is 32.1. The molecule has 0 saturated carbocycles. The Morgan fingerprint density at radius 3 is 2.67 bits per heavy atom. The summed E-state index contributed by atoms with van der Waals surface area (Å²) in [7, 11) is 1.77. The molecule has 0 bridgehead atoms. The minimum Gasteiger partial charge on any atom is -0.352 e. The summed E-state index contributed by atoms with van der Waals surface area (Å²) in [5, 5.41) is 11.8. The van der Waals surface area contributed by atoms with Gasteiger partial charge >= 0.3 is 6.03 Å². The van der Waals surface area contributed by atoms with Gasteiger partial charge < -0.3 is 20.9 Å². The average molecular weight is 386 g/mol. The second-order valence-corrected chi connectivity index (χ2v) is 7.63. The smallest absolute Gasteiger partial charge is 0.321 e. The number of benzene rings is 1. The van der Waals surface area contributed by atoms with Gasteiger partial charge in [0.15, 0.2) is 5.96 Å². The Balaban J connectivity index is 1.50. The van der Waals surface area contributed by atoms with Gasteiger partial charge in [-0.05, 0) is 54.5 Å². The maximum Gasteiger partial charge on any atom is 0.321 e. The lowest BCUT2D eigenvalue weighted by molar-refractivity contribution is 0.222. The molecule has 2 amide bonds. The van der Waals surface area contributed by atoms with Crippen LogP contribution in [0, 0.1) is 6.92 Å². The maximum absolute atomic E-state index is 12.2. The van der Waals surface area contributed by atoms with E-state index in [2.05, 4.69) is 39.3 Å². The van der Waals surface area contributed by atoms with Gasteiger partial charge in [0.1, 0.15) is 0 Å². The molecule has 2 heterocycles. The molecule has 1 aliphatic heterocycles. The predicted octanol–water partition coefficient (Wildman–Crippen LogP) is 3.55. The SMILES string of the molecule is CN=C(NCc1cccc(NC(=O)N2CCCC2)c1)NCc1sccc1C. The monoisotopic (exact) mass is 385 g/mol. The van der Waals surface area contributed by atoms with Gasteiger partial charge in [-0.25, -0.2) is 4.79 Å². The van der Waals surface area contributed by atoms with Crippen LogP contribution in [0.25, 0.3) is 0 Å². The molecule has 0 aliphatic carbocycles. The highest BCUT2D eigenvalue weighted by Crippen LogP contribution is 2.15. The van der Waals surface area contributed by atoms with Crippen molar-refractivity contribution >= 4 is 29.0 Å². The molecule has 2 aromatic rings. The summed E-state index contributed by atoms with van der Waals surface area (Å²) in [5.74, 6) is 0.759. The number of nitrogens with zero attached hydrogens (tertiary/aromatic N) is 2. The van der Waals surface area contributed by atoms with E-state index in [1.807, 2.05) is 29.2 Å². The second kappa shape index (κ2) is 9.41. The van der Waals surface area contributed by atoms with Gasteiger partial charge in [-0.2, -0.15) is 0 Å². The Hall–Kier alpha value is -2.54. The lowest BCUT2D eigenvalue weighted by atomic mass is 10.2. The van der Waals surface area contributed by atoms with Crippen LogP contribution < -0.4 is 16.0 Å². The molecular formula is C20H27N5OS. The molecule has 6 nitrogen and oxygen atoms in total. The zero-order valence-corrected chi connectivity index (χ0v) is 16.7. The molecule has 3 rings (SSSR count). The van der Waals surface area contributed by atoms with E-state index < -0.39 is 0 Å². The Labute approximate surface area is 164 Å². The number of nitrogens with one attached hydrogen (secondary N) is 3. The lowest BCUT2D eigenvalue weighted by Crippen LogP contribution is -2.36. The van der Waals surface area contributed by atoms with Crippen LogP contribution in [-0.4, -0.2) is 37.0 Å². The van der Waals surface area contributed by atoms with Gasteiger partial charge in [0.05, 0.1) is 6.54 Å². The van der Waals surface area contributed by atoms with Crippen LogP contribution in [0.5, 0.6) is 0 Å². The van der Waals surface area contributed by atoms with Crippen molar-refractivity contribution in [3.63, 3.8) is 0 Å². The van der Waals surface area contributed by atoms with E-state index in [-0.39, 0.29) is 6.03 Å². The average Bonchev–Trinajstić information content (AvgIpc) is 3.34. The number of aryl methyl sites for hydroxylation is 1. The third kappa shape index (κ3) is 5.47. The number of carbonyl (C=O) groups excluding carboxylic acids is 1. The third-order valence-electron chi connectivity index (χ3n) is 4.64. The first kappa shape index (κ1) is 19.2. The maximum atomic E-state index is 12.2. The molecule has 27 heavy (non-hydrogen) atoms. The molecule has 1 aromatic carbocycles. The number of carbonyl (C=O) groups is 1. The fourth-order valence-corrected chi connectivity index (χ4v) is 3.88. The van der Waals surface area contributed by atoms with Crippen molar-refractivity contribution < 1.29 is 4.79 Å². The topological polar surface area (TPSA) is 68.8 Å². The summed E-state index contributed by atoms with van der Waals surface area (Å²) in [5.41, 5.74) is 3.21. The van der Waals surface area contributed by atoms with Crippen LogP contribution in [0.2, 0.25) is 0 Å².